The van der Waals surface area contributed by atoms with Gasteiger partial charge in [0.05, 0.1) is 21.3 Å². The molecule has 0 saturated heterocycles. The first kappa shape index (κ1) is 22.3. The van der Waals surface area contributed by atoms with Crippen molar-refractivity contribution < 1.29 is 19.0 Å². The number of ether oxygens (including phenoxy) is 3. The van der Waals surface area contributed by atoms with Gasteiger partial charge in [-0.25, -0.2) is 0 Å². The number of aromatic nitrogens is 1. The highest BCUT2D eigenvalue weighted by atomic mass is 16.5. The van der Waals surface area contributed by atoms with Crippen molar-refractivity contribution in [2.45, 2.75) is 18.9 Å². The van der Waals surface area contributed by atoms with Gasteiger partial charge in [-0.15, -0.1) is 0 Å². The van der Waals surface area contributed by atoms with E-state index in [4.69, 9.17) is 14.2 Å². The zero-order valence-corrected chi connectivity index (χ0v) is 19.1. The second-order valence-electron chi connectivity index (χ2n) is 7.76. The average molecular weight is 445 g/mol. The molecule has 1 atom stereocenters. The molecule has 0 fully saturated rings. The van der Waals surface area contributed by atoms with Gasteiger partial charge in [0.15, 0.2) is 11.5 Å². The SMILES string of the molecule is COc1ccc(CNC(=O)C[C@H](c2ccccc2)c2c[nH]c3cccc(OC)c23)cc1OC. The lowest BCUT2D eigenvalue weighted by atomic mass is 9.87. The highest BCUT2D eigenvalue weighted by molar-refractivity contribution is 5.91. The second-order valence-corrected chi connectivity index (χ2v) is 7.76. The minimum Gasteiger partial charge on any atom is -0.496 e. The Labute approximate surface area is 193 Å². The molecule has 33 heavy (non-hydrogen) atoms. The third kappa shape index (κ3) is 4.80. The molecule has 4 aromatic rings. The van der Waals surface area contributed by atoms with Crippen molar-refractivity contribution in [3.8, 4) is 17.2 Å². The fourth-order valence-corrected chi connectivity index (χ4v) is 4.16. The molecule has 170 valence electrons. The largest absolute Gasteiger partial charge is 0.496 e. The van der Waals surface area contributed by atoms with Crippen molar-refractivity contribution in [1.29, 1.82) is 0 Å². The van der Waals surface area contributed by atoms with Crippen LogP contribution in [0.3, 0.4) is 0 Å². The summed E-state index contributed by atoms with van der Waals surface area (Å²) in [6.07, 6.45) is 2.29. The number of fused-ring (bicyclic) bond motifs is 1. The molecule has 0 aliphatic rings. The first-order chi connectivity index (χ1) is 16.1. The molecule has 0 unspecified atom stereocenters. The minimum atomic E-state index is -0.123. The lowest BCUT2D eigenvalue weighted by molar-refractivity contribution is -0.121. The highest BCUT2D eigenvalue weighted by Crippen LogP contribution is 2.37. The number of aromatic amines is 1. The van der Waals surface area contributed by atoms with Crippen molar-refractivity contribution in [1.82, 2.24) is 10.3 Å². The van der Waals surface area contributed by atoms with Crippen molar-refractivity contribution in [3.63, 3.8) is 0 Å². The lowest BCUT2D eigenvalue weighted by Gasteiger charge is -2.18. The van der Waals surface area contributed by atoms with Crippen LogP contribution in [-0.2, 0) is 11.3 Å². The molecule has 6 nitrogen and oxygen atoms in total. The summed E-state index contributed by atoms with van der Waals surface area (Å²) in [5, 5.41) is 4.05. The first-order valence-corrected chi connectivity index (χ1v) is 10.8. The molecule has 0 spiro atoms. The van der Waals surface area contributed by atoms with Crippen LogP contribution in [-0.4, -0.2) is 32.2 Å². The number of H-pyrrole nitrogens is 1. The van der Waals surface area contributed by atoms with Crippen molar-refractivity contribution in [2.75, 3.05) is 21.3 Å². The van der Waals surface area contributed by atoms with E-state index in [1.165, 1.54) is 0 Å². The van der Waals surface area contributed by atoms with E-state index in [0.29, 0.717) is 24.5 Å². The number of carbonyl (C=O) groups is 1. The molecule has 0 bridgehead atoms. The first-order valence-electron chi connectivity index (χ1n) is 10.8. The summed E-state index contributed by atoms with van der Waals surface area (Å²) in [7, 11) is 4.86. The zero-order chi connectivity index (χ0) is 23.2. The summed E-state index contributed by atoms with van der Waals surface area (Å²) in [6, 6.07) is 21.6. The van der Waals surface area contributed by atoms with Crippen molar-refractivity contribution >= 4 is 16.8 Å². The van der Waals surface area contributed by atoms with Gasteiger partial charge in [0.1, 0.15) is 5.75 Å². The number of benzene rings is 3. The number of amides is 1. The molecule has 1 aromatic heterocycles. The van der Waals surface area contributed by atoms with E-state index in [-0.39, 0.29) is 11.8 Å². The number of nitrogens with one attached hydrogen (secondary N) is 2. The second kappa shape index (κ2) is 10.1. The molecule has 0 aliphatic carbocycles. The van der Waals surface area contributed by atoms with Gasteiger partial charge in [0, 0.05) is 36.0 Å². The molecule has 4 rings (SSSR count). The van der Waals surface area contributed by atoms with Gasteiger partial charge >= 0.3 is 0 Å². The summed E-state index contributed by atoms with van der Waals surface area (Å²) in [4.78, 5) is 16.4. The number of carbonyl (C=O) groups excluding carboxylic acids is 1. The number of hydrogen-bond donors (Lipinski definition) is 2. The third-order valence-corrected chi connectivity index (χ3v) is 5.82. The van der Waals surface area contributed by atoms with Crippen LogP contribution in [0.1, 0.15) is 29.0 Å². The molecule has 1 amide bonds. The maximum Gasteiger partial charge on any atom is 0.221 e. The van der Waals surface area contributed by atoms with Crippen LogP contribution < -0.4 is 19.5 Å². The highest BCUT2D eigenvalue weighted by Gasteiger charge is 2.23. The van der Waals surface area contributed by atoms with E-state index in [2.05, 4.69) is 22.4 Å². The van der Waals surface area contributed by atoms with Crippen LogP contribution >= 0.6 is 0 Å². The third-order valence-electron chi connectivity index (χ3n) is 5.82. The molecule has 0 radical (unpaired) electrons. The molecular formula is C27H28N2O4. The molecule has 0 aliphatic heterocycles. The fourth-order valence-electron chi connectivity index (χ4n) is 4.16. The molecule has 3 aromatic carbocycles. The summed E-state index contributed by atoms with van der Waals surface area (Å²) >= 11 is 0. The summed E-state index contributed by atoms with van der Waals surface area (Å²) in [5.74, 6) is 1.92. The Balaban J connectivity index is 1.58. The molecule has 2 N–H and O–H groups in total. The van der Waals surface area contributed by atoms with E-state index in [1.807, 2.05) is 60.8 Å². The predicted octanol–water partition coefficient (Wildman–Crippen LogP) is 5.03. The number of rotatable bonds is 9. The lowest BCUT2D eigenvalue weighted by Crippen LogP contribution is -2.25. The van der Waals surface area contributed by atoms with Crippen molar-refractivity contribution in [3.05, 3.63) is 89.6 Å². The molecule has 0 saturated carbocycles. The summed E-state index contributed by atoms with van der Waals surface area (Å²) < 4.78 is 16.3. The number of methoxy groups -OCH3 is 3. The minimum absolute atomic E-state index is 0.0390. The smallest absolute Gasteiger partial charge is 0.221 e. The van der Waals surface area contributed by atoms with Gasteiger partial charge in [-0.1, -0.05) is 42.5 Å². The van der Waals surface area contributed by atoms with Gasteiger partial charge in [-0.3, -0.25) is 4.79 Å². The van der Waals surface area contributed by atoms with Crippen molar-refractivity contribution in [2.24, 2.45) is 0 Å². The predicted molar refractivity (Wildman–Crippen MR) is 129 cm³/mol. The number of hydrogen-bond acceptors (Lipinski definition) is 4. The molecule has 1 heterocycles. The van der Waals surface area contributed by atoms with E-state index < -0.39 is 0 Å². The van der Waals surface area contributed by atoms with E-state index in [1.54, 1.807) is 21.3 Å². The Morgan fingerprint density at radius 1 is 0.879 bits per heavy atom. The van der Waals surface area contributed by atoms with Gasteiger partial charge in [0.25, 0.3) is 0 Å². The topological polar surface area (TPSA) is 72.6 Å². The van der Waals surface area contributed by atoms with E-state index in [9.17, 15) is 4.79 Å². The van der Waals surface area contributed by atoms with Crippen LogP contribution in [0.25, 0.3) is 10.9 Å². The van der Waals surface area contributed by atoms with Crippen LogP contribution in [0.5, 0.6) is 17.2 Å². The van der Waals surface area contributed by atoms with Crippen LogP contribution in [0.15, 0.2) is 72.9 Å². The summed E-state index contributed by atoms with van der Waals surface area (Å²) in [5.41, 5.74) is 4.03. The van der Waals surface area contributed by atoms with Crippen LogP contribution in [0, 0.1) is 0 Å². The Bertz CT molecular complexity index is 1230. The zero-order valence-electron chi connectivity index (χ0n) is 19.1. The monoisotopic (exact) mass is 444 g/mol. The quantitative estimate of drug-likeness (QED) is 0.380. The maximum atomic E-state index is 13.1. The Hall–Kier alpha value is -3.93. The Kier molecular flexibility index (Phi) is 6.83. The van der Waals surface area contributed by atoms with Crippen LogP contribution in [0.2, 0.25) is 0 Å². The van der Waals surface area contributed by atoms with Crippen LogP contribution in [0.4, 0.5) is 0 Å². The normalized spacial score (nSPS) is 11.7. The van der Waals surface area contributed by atoms with Gasteiger partial charge in [0.2, 0.25) is 5.91 Å². The van der Waals surface area contributed by atoms with Gasteiger partial charge in [-0.05, 0) is 41.0 Å². The van der Waals surface area contributed by atoms with Gasteiger partial charge in [-0.2, -0.15) is 0 Å². The van der Waals surface area contributed by atoms with E-state index >= 15 is 0 Å². The standard InChI is InChI=1S/C27H28N2O4/c1-31-23-13-12-18(14-25(23)33-3)16-29-26(30)15-20(19-8-5-4-6-9-19)21-17-28-22-10-7-11-24(32-2)27(21)22/h4-14,17,20,28H,15-16H2,1-3H3,(H,29,30)/t20-/m1/s1. The van der Waals surface area contributed by atoms with E-state index in [0.717, 1.165) is 33.3 Å². The Morgan fingerprint density at radius 2 is 1.64 bits per heavy atom. The average Bonchev–Trinajstić information content (AvgIpc) is 3.30. The maximum absolute atomic E-state index is 13.1. The fraction of sp³-hybridized carbons (Fsp3) is 0.222. The molecular weight excluding hydrogens is 416 g/mol. The summed E-state index contributed by atoms with van der Waals surface area (Å²) in [6.45, 7) is 0.401. The van der Waals surface area contributed by atoms with Gasteiger partial charge < -0.3 is 24.5 Å². The molecule has 6 heteroatoms. The Morgan fingerprint density at radius 3 is 2.36 bits per heavy atom.